The third-order valence-electron chi connectivity index (χ3n) is 2.20. The lowest BCUT2D eigenvalue weighted by Gasteiger charge is -2.16. The quantitative estimate of drug-likeness (QED) is 0.652. The van der Waals surface area contributed by atoms with Gasteiger partial charge in [-0.3, -0.25) is 0 Å². The molecule has 0 spiro atoms. The number of halogens is 2. The largest absolute Gasteiger partial charge is 0.504 e. The molecule has 2 N–H and O–H groups in total. The van der Waals surface area contributed by atoms with E-state index in [-0.39, 0.29) is 5.75 Å². The van der Waals surface area contributed by atoms with Crippen molar-refractivity contribution in [3.05, 3.63) is 23.2 Å². The van der Waals surface area contributed by atoms with Crippen molar-refractivity contribution in [3.63, 3.8) is 0 Å². The van der Waals surface area contributed by atoms with E-state index in [0.717, 1.165) is 6.54 Å². The first-order chi connectivity index (χ1) is 7.02. The van der Waals surface area contributed by atoms with Crippen molar-refractivity contribution in [1.82, 2.24) is 0 Å². The molecule has 1 aromatic rings. The van der Waals surface area contributed by atoms with E-state index in [1.807, 2.05) is 6.07 Å². The topological polar surface area (TPSA) is 32.3 Å². The first-order valence-corrected chi connectivity index (χ1v) is 6.17. The van der Waals surface area contributed by atoms with Gasteiger partial charge in [0.25, 0.3) is 0 Å². The van der Waals surface area contributed by atoms with Gasteiger partial charge in [0.2, 0.25) is 0 Å². The van der Waals surface area contributed by atoms with E-state index in [2.05, 4.69) is 35.1 Å². The highest BCUT2D eigenvalue weighted by molar-refractivity contribution is 9.09. The molecule has 15 heavy (non-hydrogen) atoms. The lowest BCUT2D eigenvalue weighted by Crippen LogP contribution is -2.19. The Labute approximate surface area is 104 Å². The van der Waals surface area contributed by atoms with E-state index in [4.69, 9.17) is 11.6 Å². The molecule has 0 saturated heterocycles. The lowest BCUT2D eigenvalue weighted by atomic mass is 10.1. The average Bonchev–Trinajstić information content (AvgIpc) is 2.19. The van der Waals surface area contributed by atoms with Crippen LogP contribution in [0.4, 0.5) is 5.69 Å². The number of hydrogen-bond acceptors (Lipinski definition) is 2. The number of aromatic hydroxyl groups is 1. The fraction of sp³-hybridized carbons (Fsp3) is 0.455. The summed E-state index contributed by atoms with van der Waals surface area (Å²) in [5.74, 6) is 0.654. The number of nitrogens with one attached hydrogen (secondary N) is 1. The zero-order valence-corrected chi connectivity index (χ0v) is 11.1. The Hall–Kier alpha value is -0.410. The highest BCUT2D eigenvalue weighted by Gasteiger charge is 2.10. The van der Waals surface area contributed by atoms with Gasteiger partial charge >= 0.3 is 0 Å². The first-order valence-electron chi connectivity index (χ1n) is 4.87. The summed E-state index contributed by atoms with van der Waals surface area (Å²) in [7, 11) is 0. The maximum atomic E-state index is 9.64. The molecule has 0 fully saturated rings. The minimum atomic E-state index is 0.114. The van der Waals surface area contributed by atoms with E-state index in [9.17, 15) is 5.11 Å². The molecule has 0 aliphatic heterocycles. The second-order valence-electron chi connectivity index (χ2n) is 3.78. The standard InChI is InChI=1S/C11H15BrClNO/c1-7(2)8(12)6-14-10-5-3-4-9(13)11(10)15/h3-5,7-8,14-15H,6H2,1-2H3. The molecule has 0 aliphatic carbocycles. The van der Waals surface area contributed by atoms with Crippen molar-refractivity contribution in [1.29, 1.82) is 0 Å². The molecule has 0 aliphatic rings. The van der Waals surface area contributed by atoms with Crippen molar-refractivity contribution < 1.29 is 5.11 Å². The van der Waals surface area contributed by atoms with Gasteiger partial charge in [-0.1, -0.05) is 47.4 Å². The average molecular weight is 293 g/mol. The summed E-state index contributed by atoms with van der Waals surface area (Å²) in [5, 5.41) is 13.2. The number of phenols is 1. The van der Waals surface area contributed by atoms with Crippen molar-refractivity contribution in [2.24, 2.45) is 5.92 Å². The number of hydrogen-bond donors (Lipinski definition) is 2. The molecule has 0 saturated carbocycles. The van der Waals surface area contributed by atoms with E-state index in [1.54, 1.807) is 12.1 Å². The number of benzene rings is 1. The number of alkyl halides is 1. The summed E-state index contributed by atoms with van der Waals surface area (Å²) >= 11 is 9.36. The van der Waals surface area contributed by atoms with Crippen LogP contribution < -0.4 is 5.32 Å². The molecule has 4 heteroatoms. The Morgan fingerprint density at radius 2 is 2.13 bits per heavy atom. The summed E-state index contributed by atoms with van der Waals surface area (Å²) in [6.07, 6.45) is 0. The summed E-state index contributed by atoms with van der Waals surface area (Å²) in [4.78, 5) is 0.371. The lowest BCUT2D eigenvalue weighted by molar-refractivity contribution is 0.477. The molecular formula is C11H15BrClNO. The molecule has 1 unspecified atom stereocenters. The van der Waals surface area contributed by atoms with E-state index in [1.165, 1.54) is 0 Å². The Bertz CT molecular complexity index is 330. The Balaban J connectivity index is 2.62. The van der Waals surface area contributed by atoms with Crippen LogP contribution in [0.3, 0.4) is 0 Å². The van der Waals surface area contributed by atoms with Gasteiger partial charge in [-0.15, -0.1) is 0 Å². The molecule has 1 atom stereocenters. The van der Waals surface area contributed by atoms with Crippen LogP contribution in [0.2, 0.25) is 5.02 Å². The van der Waals surface area contributed by atoms with Gasteiger partial charge in [0.1, 0.15) is 0 Å². The fourth-order valence-electron chi connectivity index (χ4n) is 1.10. The smallest absolute Gasteiger partial charge is 0.157 e. The Morgan fingerprint density at radius 1 is 1.47 bits per heavy atom. The van der Waals surface area contributed by atoms with Crippen LogP contribution in [0.25, 0.3) is 0 Å². The fourth-order valence-corrected chi connectivity index (χ4v) is 1.44. The summed E-state index contributed by atoms with van der Waals surface area (Å²) in [6, 6.07) is 5.28. The van der Waals surface area contributed by atoms with Gasteiger partial charge < -0.3 is 10.4 Å². The molecule has 0 heterocycles. The van der Waals surface area contributed by atoms with Crippen LogP contribution in [0.5, 0.6) is 5.75 Å². The maximum Gasteiger partial charge on any atom is 0.157 e. The minimum absolute atomic E-state index is 0.114. The van der Waals surface area contributed by atoms with Crippen molar-refractivity contribution >= 4 is 33.2 Å². The molecule has 0 aromatic heterocycles. The van der Waals surface area contributed by atoms with E-state index < -0.39 is 0 Å². The van der Waals surface area contributed by atoms with Gasteiger partial charge in [-0.25, -0.2) is 0 Å². The second-order valence-corrected chi connectivity index (χ2v) is 5.36. The van der Waals surface area contributed by atoms with Crippen molar-refractivity contribution in [2.45, 2.75) is 18.7 Å². The third kappa shape index (κ3) is 3.58. The molecule has 0 radical (unpaired) electrons. The highest BCUT2D eigenvalue weighted by Crippen LogP contribution is 2.31. The summed E-state index contributed by atoms with van der Waals surface area (Å²) in [5.41, 5.74) is 0.674. The summed E-state index contributed by atoms with van der Waals surface area (Å²) < 4.78 is 0. The zero-order valence-electron chi connectivity index (χ0n) is 8.80. The molecule has 0 amide bonds. The van der Waals surface area contributed by atoms with Gasteiger partial charge in [0.15, 0.2) is 5.75 Å². The first kappa shape index (κ1) is 12.7. The van der Waals surface area contributed by atoms with Crippen LogP contribution in [-0.4, -0.2) is 16.5 Å². The van der Waals surface area contributed by atoms with Crippen LogP contribution in [-0.2, 0) is 0 Å². The Morgan fingerprint density at radius 3 is 2.73 bits per heavy atom. The number of anilines is 1. The molecule has 84 valence electrons. The number of rotatable bonds is 4. The van der Waals surface area contributed by atoms with Crippen LogP contribution >= 0.6 is 27.5 Å². The van der Waals surface area contributed by atoms with Crippen LogP contribution in [0.1, 0.15) is 13.8 Å². The zero-order chi connectivity index (χ0) is 11.4. The third-order valence-corrected chi connectivity index (χ3v) is 3.88. The predicted octanol–water partition coefficient (Wildman–Crippen LogP) is 3.88. The molecule has 1 aromatic carbocycles. The van der Waals surface area contributed by atoms with Crippen LogP contribution in [0, 0.1) is 5.92 Å². The van der Waals surface area contributed by atoms with E-state index in [0.29, 0.717) is 21.5 Å². The maximum absolute atomic E-state index is 9.64. The molecule has 1 rings (SSSR count). The van der Waals surface area contributed by atoms with Gasteiger partial charge in [0.05, 0.1) is 10.7 Å². The molecule has 2 nitrogen and oxygen atoms in total. The SMILES string of the molecule is CC(C)C(Br)CNc1cccc(Cl)c1O. The van der Waals surface area contributed by atoms with Gasteiger partial charge in [-0.2, -0.15) is 0 Å². The van der Waals surface area contributed by atoms with Crippen molar-refractivity contribution in [3.8, 4) is 5.75 Å². The number of para-hydroxylation sites is 1. The number of phenolic OH excluding ortho intramolecular Hbond substituents is 1. The van der Waals surface area contributed by atoms with Gasteiger partial charge in [0, 0.05) is 11.4 Å². The molecule has 0 bridgehead atoms. The Kier molecular flexibility index (Phi) is 4.74. The monoisotopic (exact) mass is 291 g/mol. The second kappa shape index (κ2) is 5.61. The summed E-state index contributed by atoms with van der Waals surface area (Å²) in [6.45, 7) is 5.03. The normalized spacial score (nSPS) is 12.9. The van der Waals surface area contributed by atoms with Crippen molar-refractivity contribution in [2.75, 3.05) is 11.9 Å². The minimum Gasteiger partial charge on any atom is -0.504 e. The predicted molar refractivity (Wildman–Crippen MR) is 69.2 cm³/mol. The highest BCUT2D eigenvalue weighted by atomic mass is 79.9. The molecular weight excluding hydrogens is 277 g/mol. The van der Waals surface area contributed by atoms with Gasteiger partial charge in [-0.05, 0) is 18.1 Å². The van der Waals surface area contributed by atoms with Crippen LogP contribution in [0.15, 0.2) is 18.2 Å². The van der Waals surface area contributed by atoms with E-state index >= 15 is 0 Å².